The summed E-state index contributed by atoms with van der Waals surface area (Å²) >= 11 is 0. The third-order valence-corrected chi connectivity index (χ3v) is 4.76. The number of hydrogen-bond acceptors (Lipinski definition) is 4. The van der Waals surface area contributed by atoms with E-state index in [0.29, 0.717) is 29.4 Å². The zero-order chi connectivity index (χ0) is 15.6. The number of hydrogen-bond donors (Lipinski definition) is 1. The molecule has 1 aromatic carbocycles. The second-order valence-corrected chi connectivity index (χ2v) is 6.31. The summed E-state index contributed by atoms with van der Waals surface area (Å²) in [5, 5.41) is 4.13. The van der Waals surface area contributed by atoms with Crippen molar-refractivity contribution < 1.29 is 13.2 Å². The van der Waals surface area contributed by atoms with Crippen LogP contribution in [0.3, 0.4) is 0 Å². The van der Waals surface area contributed by atoms with Gasteiger partial charge in [-0.3, -0.25) is 9.40 Å². The smallest absolute Gasteiger partial charge is 0.265 e. The van der Waals surface area contributed by atoms with Crippen molar-refractivity contribution in [3.63, 3.8) is 0 Å². The quantitative estimate of drug-likeness (QED) is 0.919. The predicted molar refractivity (Wildman–Crippen MR) is 81.1 cm³/mol. The summed E-state index contributed by atoms with van der Waals surface area (Å²) in [5.74, 6) is 0.703. The van der Waals surface area contributed by atoms with Crippen molar-refractivity contribution in [1.29, 1.82) is 0 Å². The Morgan fingerprint density at radius 3 is 2.33 bits per heavy atom. The van der Waals surface area contributed by atoms with Crippen molar-refractivity contribution in [1.82, 2.24) is 9.78 Å². The molecule has 0 unspecified atom stereocenters. The minimum Gasteiger partial charge on any atom is -0.494 e. The van der Waals surface area contributed by atoms with Crippen LogP contribution in [0, 0.1) is 13.8 Å². The van der Waals surface area contributed by atoms with Gasteiger partial charge < -0.3 is 4.74 Å². The maximum absolute atomic E-state index is 12.5. The van der Waals surface area contributed by atoms with Crippen molar-refractivity contribution in [2.75, 3.05) is 11.3 Å². The number of rotatable bonds is 5. The van der Waals surface area contributed by atoms with Crippen LogP contribution in [0.4, 0.5) is 5.69 Å². The standard InChI is InChI=1S/C14H19N3O3S/c1-5-20-13-8-6-12(7-9-13)16-21(18,19)14-10(2)15-17(4)11(14)3/h6-9,16H,5H2,1-4H3. The summed E-state index contributed by atoms with van der Waals surface area (Å²) in [4.78, 5) is 0.221. The van der Waals surface area contributed by atoms with E-state index in [4.69, 9.17) is 4.74 Å². The van der Waals surface area contributed by atoms with E-state index in [2.05, 4.69) is 9.82 Å². The van der Waals surface area contributed by atoms with E-state index in [1.54, 1.807) is 49.8 Å². The van der Waals surface area contributed by atoms with Crippen molar-refractivity contribution in [3.05, 3.63) is 35.7 Å². The van der Waals surface area contributed by atoms with Crippen LogP contribution >= 0.6 is 0 Å². The number of benzene rings is 1. The largest absolute Gasteiger partial charge is 0.494 e. The van der Waals surface area contributed by atoms with Crippen LogP contribution in [0.2, 0.25) is 0 Å². The van der Waals surface area contributed by atoms with Gasteiger partial charge in [-0.25, -0.2) is 8.42 Å². The zero-order valence-corrected chi connectivity index (χ0v) is 13.4. The molecular formula is C14H19N3O3S. The van der Waals surface area contributed by atoms with Gasteiger partial charge in [0.15, 0.2) is 0 Å². The summed E-state index contributed by atoms with van der Waals surface area (Å²) in [6.07, 6.45) is 0. The van der Waals surface area contributed by atoms with Crippen LogP contribution in [0.1, 0.15) is 18.3 Å². The van der Waals surface area contributed by atoms with Crippen molar-refractivity contribution >= 4 is 15.7 Å². The van der Waals surface area contributed by atoms with Gasteiger partial charge in [0, 0.05) is 12.7 Å². The molecule has 0 atom stereocenters. The number of aryl methyl sites for hydroxylation is 2. The number of ether oxygens (including phenoxy) is 1. The Bertz CT molecular complexity index is 734. The summed E-state index contributed by atoms with van der Waals surface area (Å²) in [7, 11) is -1.93. The highest BCUT2D eigenvalue weighted by Gasteiger charge is 2.23. The molecule has 0 aliphatic carbocycles. The first-order chi connectivity index (χ1) is 9.85. The Hall–Kier alpha value is -2.02. The lowest BCUT2D eigenvalue weighted by atomic mass is 10.3. The Kier molecular flexibility index (Phi) is 4.22. The highest BCUT2D eigenvalue weighted by Crippen LogP contribution is 2.23. The molecule has 0 saturated carbocycles. The summed E-state index contributed by atoms with van der Waals surface area (Å²) in [6.45, 7) is 5.87. The molecule has 2 rings (SSSR count). The highest BCUT2D eigenvalue weighted by molar-refractivity contribution is 7.92. The summed E-state index contributed by atoms with van der Waals surface area (Å²) in [6, 6.07) is 6.79. The summed E-state index contributed by atoms with van der Waals surface area (Å²) in [5.41, 5.74) is 1.57. The first-order valence-corrected chi connectivity index (χ1v) is 8.09. The number of aromatic nitrogens is 2. The average molecular weight is 309 g/mol. The van der Waals surface area contributed by atoms with E-state index < -0.39 is 10.0 Å². The first-order valence-electron chi connectivity index (χ1n) is 6.61. The SMILES string of the molecule is CCOc1ccc(NS(=O)(=O)c2c(C)nn(C)c2C)cc1. The van der Waals surface area contributed by atoms with Gasteiger partial charge in [-0.15, -0.1) is 0 Å². The maximum Gasteiger partial charge on any atom is 0.265 e. The molecule has 114 valence electrons. The molecule has 2 aromatic rings. The lowest BCUT2D eigenvalue weighted by Crippen LogP contribution is -2.14. The molecule has 0 fully saturated rings. The number of nitrogens with zero attached hydrogens (tertiary/aromatic N) is 2. The van der Waals surface area contributed by atoms with Crippen molar-refractivity contribution in [3.8, 4) is 5.75 Å². The van der Waals surface area contributed by atoms with Gasteiger partial charge in [-0.2, -0.15) is 5.10 Å². The van der Waals surface area contributed by atoms with E-state index in [-0.39, 0.29) is 4.90 Å². The van der Waals surface area contributed by atoms with Crippen LogP contribution in [-0.4, -0.2) is 24.8 Å². The van der Waals surface area contributed by atoms with E-state index in [1.165, 1.54) is 0 Å². The summed E-state index contributed by atoms with van der Waals surface area (Å²) < 4.78 is 34.4. The van der Waals surface area contributed by atoms with Gasteiger partial charge in [0.25, 0.3) is 10.0 Å². The van der Waals surface area contributed by atoms with E-state index in [1.807, 2.05) is 6.92 Å². The van der Waals surface area contributed by atoms with E-state index in [0.717, 1.165) is 0 Å². The fourth-order valence-corrected chi connectivity index (χ4v) is 3.63. The number of nitrogens with one attached hydrogen (secondary N) is 1. The molecule has 0 radical (unpaired) electrons. The van der Waals surface area contributed by atoms with Gasteiger partial charge >= 0.3 is 0 Å². The number of anilines is 1. The molecule has 6 nitrogen and oxygen atoms in total. The molecule has 1 heterocycles. The molecule has 0 aliphatic heterocycles. The van der Waals surface area contributed by atoms with Crippen molar-refractivity contribution in [2.24, 2.45) is 7.05 Å². The van der Waals surface area contributed by atoms with E-state index in [9.17, 15) is 8.42 Å². The minimum absolute atomic E-state index is 0.221. The van der Waals surface area contributed by atoms with Gasteiger partial charge in [0.05, 0.1) is 18.0 Å². The lowest BCUT2D eigenvalue weighted by molar-refractivity contribution is 0.340. The first kappa shape index (κ1) is 15.4. The molecule has 1 aromatic heterocycles. The second-order valence-electron chi connectivity index (χ2n) is 4.69. The molecule has 21 heavy (non-hydrogen) atoms. The normalized spacial score (nSPS) is 11.4. The van der Waals surface area contributed by atoms with Crippen LogP contribution in [-0.2, 0) is 17.1 Å². The highest BCUT2D eigenvalue weighted by atomic mass is 32.2. The topological polar surface area (TPSA) is 73.2 Å². The molecular weight excluding hydrogens is 290 g/mol. The van der Waals surface area contributed by atoms with Gasteiger partial charge in [0.2, 0.25) is 0 Å². The molecule has 0 saturated heterocycles. The lowest BCUT2D eigenvalue weighted by Gasteiger charge is -2.09. The average Bonchev–Trinajstić information content (AvgIpc) is 2.66. The fourth-order valence-electron chi connectivity index (χ4n) is 2.14. The third-order valence-electron chi connectivity index (χ3n) is 3.13. The zero-order valence-electron chi connectivity index (χ0n) is 12.5. The Labute approximate surface area is 124 Å². The molecule has 0 bridgehead atoms. The fraction of sp³-hybridized carbons (Fsp3) is 0.357. The third kappa shape index (κ3) is 3.18. The number of sulfonamides is 1. The van der Waals surface area contributed by atoms with Gasteiger partial charge in [0.1, 0.15) is 10.6 Å². The molecule has 7 heteroatoms. The second kappa shape index (κ2) is 5.77. The van der Waals surface area contributed by atoms with Crippen LogP contribution in [0.15, 0.2) is 29.2 Å². The van der Waals surface area contributed by atoms with Gasteiger partial charge in [-0.05, 0) is 45.0 Å². The molecule has 0 aliphatic rings. The van der Waals surface area contributed by atoms with Crippen LogP contribution in [0.25, 0.3) is 0 Å². The predicted octanol–water partition coefficient (Wildman–Crippen LogP) is 2.24. The minimum atomic E-state index is -3.65. The van der Waals surface area contributed by atoms with Crippen molar-refractivity contribution in [2.45, 2.75) is 25.7 Å². The molecule has 1 N–H and O–H groups in total. The molecule has 0 spiro atoms. The van der Waals surface area contributed by atoms with Crippen LogP contribution < -0.4 is 9.46 Å². The Morgan fingerprint density at radius 2 is 1.86 bits per heavy atom. The van der Waals surface area contributed by atoms with Crippen LogP contribution in [0.5, 0.6) is 5.75 Å². The van der Waals surface area contributed by atoms with E-state index >= 15 is 0 Å². The van der Waals surface area contributed by atoms with Gasteiger partial charge in [-0.1, -0.05) is 0 Å². The maximum atomic E-state index is 12.5. The molecule has 0 amide bonds. The Balaban J connectivity index is 2.29. The monoisotopic (exact) mass is 309 g/mol. The Morgan fingerprint density at radius 1 is 1.24 bits per heavy atom.